The summed E-state index contributed by atoms with van der Waals surface area (Å²) in [6, 6.07) is 10.9. The molecule has 0 amide bonds. The van der Waals surface area contributed by atoms with Crippen molar-refractivity contribution < 1.29 is 18.9 Å². The minimum Gasteiger partial charge on any atom is -0.497 e. The first kappa shape index (κ1) is 18.5. The average molecular weight is 366 g/mol. The van der Waals surface area contributed by atoms with Crippen LogP contribution in [0.25, 0.3) is 0 Å². The molecule has 1 N–H and O–H groups in total. The molecule has 138 valence electrons. The van der Waals surface area contributed by atoms with Crippen molar-refractivity contribution in [2.75, 3.05) is 14.2 Å². The van der Waals surface area contributed by atoms with Crippen LogP contribution in [0.1, 0.15) is 25.5 Å². The summed E-state index contributed by atoms with van der Waals surface area (Å²) in [6.07, 6.45) is -1.15. The standard InChI is InChI=1S/C19H18N4O4/c1-11-17(2)26-15(12-5-13(24-3)7-14(6-12)25-4)18(8-20,9-21)19(11,10-22)16(23)27-17/h5-7,11,15,23H,1-4H3. The van der Waals surface area contributed by atoms with Gasteiger partial charge in [0.15, 0.2) is 5.41 Å². The molecule has 8 nitrogen and oxygen atoms in total. The Kier molecular flexibility index (Phi) is 4.03. The first-order valence-corrected chi connectivity index (χ1v) is 8.21. The molecule has 4 atom stereocenters. The van der Waals surface area contributed by atoms with Crippen LogP contribution in [0.3, 0.4) is 0 Å². The quantitative estimate of drug-likeness (QED) is 0.869. The van der Waals surface area contributed by atoms with E-state index in [-0.39, 0.29) is 0 Å². The van der Waals surface area contributed by atoms with E-state index in [9.17, 15) is 15.8 Å². The van der Waals surface area contributed by atoms with E-state index in [2.05, 4.69) is 0 Å². The minimum absolute atomic E-state index is 0.422. The molecule has 8 heteroatoms. The van der Waals surface area contributed by atoms with E-state index in [1.807, 2.05) is 18.2 Å². The maximum Gasteiger partial charge on any atom is 0.214 e. The Bertz CT molecular complexity index is 904. The van der Waals surface area contributed by atoms with Crippen LogP contribution < -0.4 is 9.47 Å². The van der Waals surface area contributed by atoms with E-state index in [0.29, 0.717) is 17.1 Å². The maximum absolute atomic E-state index is 10.0. The fourth-order valence-electron chi connectivity index (χ4n) is 3.99. The number of rotatable bonds is 3. The molecule has 2 bridgehead atoms. The van der Waals surface area contributed by atoms with Crippen molar-refractivity contribution in [2.24, 2.45) is 16.7 Å². The van der Waals surface area contributed by atoms with E-state index >= 15 is 0 Å². The lowest BCUT2D eigenvalue weighted by molar-refractivity contribution is -0.268. The Balaban J connectivity index is 2.32. The Morgan fingerprint density at radius 1 is 1.04 bits per heavy atom. The second kappa shape index (κ2) is 5.87. The van der Waals surface area contributed by atoms with Gasteiger partial charge in [-0.1, -0.05) is 6.92 Å². The predicted octanol–water partition coefficient (Wildman–Crippen LogP) is 2.68. The topological polar surface area (TPSA) is 132 Å². The molecule has 2 saturated heterocycles. The van der Waals surface area contributed by atoms with Gasteiger partial charge in [0.05, 0.1) is 38.3 Å². The van der Waals surface area contributed by atoms with E-state index < -0.39 is 34.5 Å². The van der Waals surface area contributed by atoms with Gasteiger partial charge in [-0.3, -0.25) is 5.41 Å². The molecule has 2 fully saturated rings. The minimum atomic E-state index is -1.99. The number of hydrogen-bond donors (Lipinski definition) is 1. The SMILES string of the molecule is COc1cc(OC)cc(C2OC3(C)OC(=N)C(C#N)(C3C)C2(C#N)C#N)c1. The number of hydrogen-bond acceptors (Lipinski definition) is 8. The van der Waals surface area contributed by atoms with Crippen LogP contribution in [0, 0.1) is 56.2 Å². The number of nitrogens with one attached hydrogen (secondary N) is 1. The van der Waals surface area contributed by atoms with Crippen molar-refractivity contribution in [1.29, 1.82) is 21.2 Å². The van der Waals surface area contributed by atoms with Gasteiger partial charge in [-0.05, 0) is 17.7 Å². The van der Waals surface area contributed by atoms with Crippen molar-refractivity contribution in [3.8, 4) is 29.7 Å². The van der Waals surface area contributed by atoms with Gasteiger partial charge in [0.25, 0.3) is 0 Å². The zero-order valence-corrected chi connectivity index (χ0v) is 15.4. The molecule has 1 aromatic carbocycles. The van der Waals surface area contributed by atoms with Crippen molar-refractivity contribution in [3.05, 3.63) is 23.8 Å². The number of benzene rings is 1. The Morgan fingerprint density at radius 3 is 2.04 bits per heavy atom. The lowest BCUT2D eigenvalue weighted by Crippen LogP contribution is -2.57. The molecular formula is C19H18N4O4. The summed E-state index contributed by atoms with van der Waals surface area (Å²) in [5, 5.41) is 38.4. The summed E-state index contributed by atoms with van der Waals surface area (Å²) in [5.74, 6) is -1.58. The number of fused-ring (bicyclic) bond motifs is 2. The molecule has 3 rings (SSSR count). The lowest BCUT2D eigenvalue weighted by Gasteiger charge is -2.47. The van der Waals surface area contributed by atoms with Gasteiger partial charge in [-0.25, -0.2) is 0 Å². The van der Waals surface area contributed by atoms with Gasteiger partial charge in [-0.15, -0.1) is 0 Å². The van der Waals surface area contributed by atoms with E-state index in [0.717, 1.165) is 0 Å². The monoisotopic (exact) mass is 366 g/mol. The third-order valence-corrected chi connectivity index (χ3v) is 5.67. The van der Waals surface area contributed by atoms with Crippen molar-refractivity contribution in [2.45, 2.75) is 25.7 Å². The zero-order valence-electron chi connectivity index (χ0n) is 15.4. The van der Waals surface area contributed by atoms with Crippen LogP contribution in [0.4, 0.5) is 0 Å². The van der Waals surface area contributed by atoms with E-state index in [4.69, 9.17) is 24.4 Å². The summed E-state index contributed by atoms with van der Waals surface area (Å²) in [7, 11) is 2.95. The van der Waals surface area contributed by atoms with Gasteiger partial charge in [-0.2, -0.15) is 15.8 Å². The number of methoxy groups -OCH3 is 2. The highest BCUT2D eigenvalue weighted by atomic mass is 16.7. The fourth-order valence-corrected chi connectivity index (χ4v) is 3.99. The third-order valence-electron chi connectivity index (χ3n) is 5.67. The predicted molar refractivity (Wildman–Crippen MR) is 91.5 cm³/mol. The molecule has 4 unspecified atom stereocenters. The lowest BCUT2D eigenvalue weighted by atomic mass is 9.54. The largest absolute Gasteiger partial charge is 0.497 e. The molecule has 0 aromatic heterocycles. The van der Waals surface area contributed by atoms with Crippen LogP contribution in [0.15, 0.2) is 18.2 Å². The molecule has 0 saturated carbocycles. The second-order valence-corrected chi connectivity index (χ2v) is 6.76. The molecule has 27 heavy (non-hydrogen) atoms. The highest BCUT2D eigenvalue weighted by molar-refractivity contribution is 5.89. The van der Waals surface area contributed by atoms with Gasteiger partial charge >= 0.3 is 0 Å². The highest BCUT2D eigenvalue weighted by Crippen LogP contribution is 2.66. The molecule has 0 radical (unpaired) electrons. The molecule has 2 heterocycles. The van der Waals surface area contributed by atoms with Crippen molar-refractivity contribution >= 4 is 5.90 Å². The van der Waals surface area contributed by atoms with Gasteiger partial charge in [0.2, 0.25) is 17.1 Å². The zero-order chi connectivity index (χ0) is 20.0. The Hall–Kier alpha value is -3.28. The smallest absolute Gasteiger partial charge is 0.214 e. The first-order chi connectivity index (χ1) is 12.8. The maximum atomic E-state index is 10.0. The van der Waals surface area contributed by atoms with Gasteiger partial charge in [0.1, 0.15) is 17.6 Å². The summed E-state index contributed by atoms with van der Waals surface area (Å²) < 4.78 is 22.2. The Labute approximate surface area is 156 Å². The van der Waals surface area contributed by atoms with E-state index in [1.54, 1.807) is 32.0 Å². The second-order valence-electron chi connectivity index (χ2n) is 6.76. The van der Waals surface area contributed by atoms with Crippen LogP contribution in [0.5, 0.6) is 11.5 Å². The van der Waals surface area contributed by atoms with Crippen LogP contribution in [0.2, 0.25) is 0 Å². The number of nitrogens with zero attached hydrogens (tertiary/aromatic N) is 3. The van der Waals surface area contributed by atoms with E-state index in [1.165, 1.54) is 14.2 Å². The van der Waals surface area contributed by atoms with Crippen molar-refractivity contribution in [3.63, 3.8) is 0 Å². The normalized spacial score (nSPS) is 33.1. The molecule has 2 aliphatic heterocycles. The summed E-state index contributed by atoms with van der Waals surface area (Å²) >= 11 is 0. The van der Waals surface area contributed by atoms with Crippen LogP contribution in [-0.4, -0.2) is 25.9 Å². The highest BCUT2D eigenvalue weighted by Gasteiger charge is 2.78. The molecule has 2 aliphatic rings. The number of nitriles is 3. The van der Waals surface area contributed by atoms with Crippen LogP contribution in [-0.2, 0) is 9.47 Å². The fraction of sp³-hybridized carbons (Fsp3) is 0.474. The number of ether oxygens (including phenoxy) is 4. The van der Waals surface area contributed by atoms with Gasteiger partial charge in [0, 0.05) is 13.0 Å². The first-order valence-electron chi connectivity index (χ1n) is 8.21. The summed E-state index contributed by atoms with van der Waals surface area (Å²) in [4.78, 5) is 0. The van der Waals surface area contributed by atoms with Crippen LogP contribution >= 0.6 is 0 Å². The third kappa shape index (κ3) is 2.07. The average Bonchev–Trinajstić information content (AvgIpc) is 2.82. The van der Waals surface area contributed by atoms with Gasteiger partial charge < -0.3 is 18.9 Å². The molecular weight excluding hydrogens is 348 g/mol. The summed E-state index contributed by atoms with van der Waals surface area (Å²) in [6.45, 7) is 3.25. The summed E-state index contributed by atoms with van der Waals surface area (Å²) in [5.41, 5.74) is -3.35. The Morgan fingerprint density at radius 2 is 1.59 bits per heavy atom. The molecule has 0 aliphatic carbocycles. The van der Waals surface area contributed by atoms with Crippen molar-refractivity contribution in [1.82, 2.24) is 0 Å². The molecule has 1 aromatic rings. The molecule has 0 spiro atoms.